The van der Waals surface area contributed by atoms with Gasteiger partial charge in [0.05, 0.1) is 11.1 Å². The average Bonchev–Trinajstić information content (AvgIpc) is 2.35. The van der Waals surface area contributed by atoms with E-state index in [2.05, 4.69) is 38.5 Å². The van der Waals surface area contributed by atoms with Gasteiger partial charge in [-0.1, -0.05) is 45.7 Å². The summed E-state index contributed by atoms with van der Waals surface area (Å²) in [7, 11) is 0. The van der Waals surface area contributed by atoms with E-state index in [1.165, 1.54) is 0 Å². The normalized spacial score (nSPS) is 12.4. The second-order valence-corrected chi connectivity index (χ2v) is 6.51. The minimum Gasteiger partial charge on any atom is -0.388 e. The lowest BCUT2D eigenvalue weighted by Crippen LogP contribution is -2.02. The van der Waals surface area contributed by atoms with Crippen molar-refractivity contribution < 1.29 is 5.11 Å². The zero-order valence-electron chi connectivity index (χ0n) is 9.41. The van der Waals surface area contributed by atoms with Crippen molar-refractivity contribution in [2.75, 3.05) is 0 Å². The monoisotopic (exact) mass is 436 g/mol. The highest BCUT2D eigenvalue weighted by Gasteiger charge is 2.10. The molecule has 18 heavy (non-hydrogen) atoms. The topological polar surface area (TPSA) is 20.2 Å². The zero-order chi connectivity index (χ0) is 13.1. The van der Waals surface area contributed by atoms with Crippen molar-refractivity contribution in [2.45, 2.75) is 12.5 Å². The minimum atomic E-state index is -0.527. The SMILES string of the molecule is OC(Cc1ccc(Br)cc1)c1ccc(I)c(Cl)c1. The maximum absolute atomic E-state index is 10.2. The lowest BCUT2D eigenvalue weighted by atomic mass is 10.0. The molecule has 1 nitrogen and oxygen atoms in total. The first-order valence-corrected chi connectivity index (χ1v) is 7.68. The standard InChI is InChI=1S/C14H11BrClIO/c15-11-4-1-9(2-5-11)7-14(18)10-3-6-13(17)12(16)8-10/h1-6,8,14,18H,7H2. The van der Waals surface area contributed by atoms with Crippen molar-refractivity contribution in [1.82, 2.24) is 0 Å². The van der Waals surface area contributed by atoms with Crippen LogP contribution in [0.5, 0.6) is 0 Å². The summed E-state index contributed by atoms with van der Waals surface area (Å²) in [6.45, 7) is 0. The van der Waals surface area contributed by atoms with Gasteiger partial charge in [-0.15, -0.1) is 0 Å². The first-order valence-electron chi connectivity index (χ1n) is 5.44. The van der Waals surface area contributed by atoms with E-state index in [0.29, 0.717) is 11.4 Å². The van der Waals surface area contributed by atoms with Gasteiger partial charge < -0.3 is 5.11 Å². The molecule has 4 heteroatoms. The van der Waals surface area contributed by atoms with Crippen LogP contribution in [0.25, 0.3) is 0 Å². The Morgan fingerprint density at radius 2 is 1.83 bits per heavy atom. The Bertz CT molecular complexity index is 542. The highest BCUT2D eigenvalue weighted by Crippen LogP contribution is 2.25. The molecule has 0 aliphatic carbocycles. The molecule has 1 atom stereocenters. The summed E-state index contributed by atoms with van der Waals surface area (Å²) in [6, 6.07) is 13.6. The Hall–Kier alpha value is -0.100. The molecule has 2 aromatic carbocycles. The molecular weight excluding hydrogens is 426 g/mol. The van der Waals surface area contributed by atoms with E-state index < -0.39 is 6.10 Å². The van der Waals surface area contributed by atoms with Crippen LogP contribution in [0.15, 0.2) is 46.9 Å². The Labute approximate surface area is 133 Å². The van der Waals surface area contributed by atoms with Crippen LogP contribution in [0, 0.1) is 3.57 Å². The van der Waals surface area contributed by atoms with Gasteiger partial charge in [0.25, 0.3) is 0 Å². The molecule has 1 unspecified atom stereocenters. The van der Waals surface area contributed by atoms with E-state index in [4.69, 9.17) is 11.6 Å². The third-order valence-corrected chi connectivity index (χ3v) is 4.77. The van der Waals surface area contributed by atoms with Crippen LogP contribution in [-0.4, -0.2) is 5.11 Å². The molecule has 0 fully saturated rings. The van der Waals surface area contributed by atoms with Gasteiger partial charge in [0.2, 0.25) is 0 Å². The Kier molecular flexibility index (Phi) is 5.06. The van der Waals surface area contributed by atoms with E-state index in [0.717, 1.165) is 19.2 Å². The largest absolute Gasteiger partial charge is 0.388 e. The van der Waals surface area contributed by atoms with Gasteiger partial charge in [-0.25, -0.2) is 0 Å². The molecule has 0 aliphatic heterocycles. The summed E-state index contributed by atoms with van der Waals surface area (Å²) in [6.07, 6.45) is 0.0603. The van der Waals surface area contributed by atoms with Crippen LogP contribution in [0.1, 0.15) is 17.2 Å². The van der Waals surface area contributed by atoms with Crippen molar-refractivity contribution in [1.29, 1.82) is 0 Å². The molecule has 0 bridgehead atoms. The van der Waals surface area contributed by atoms with Crippen molar-refractivity contribution in [3.8, 4) is 0 Å². The molecule has 0 heterocycles. The summed E-state index contributed by atoms with van der Waals surface area (Å²) >= 11 is 11.6. The van der Waals surface area contributed by atoms with E-state index in [-0.39, 0.29) is 0 Å². The number of aliphatic hydroxyl groups is 1. The predicted molar refractivity (Wildman–Crippen MR) is 87.0 cm³/mol. The van der Waals surface area contributed by atoms with E-state index in [1.54, 1.807) is 0 Å². The molecule has 0 saturated carbocycles. The van der Waals surface area contributed by atoms with Crippen molar-refractivity contribution in [3.05, 3.63) is 66.7 Å². The second-order valence-electron chi connectivity index (χ2n) is 4.02. The van der Waals surface area contributed by atoms with E-state index in [9.17, 15) is 5.11 Å². The smallest absolute Gasteiger partial charge is 0.0830 e. The third-order valence-electron chi connectivity index (χ3n) is 2.67. The summed E-state index contributed by atoms with van der Waals surface area (Å²) < 4.78 is 2.03. The lowest BCUT2D eigenvalue weighted by molar-refractivity contribution is 0.178. The van der Waals surface area contributed by atoms with Crippen LogP contribution in [-0.2, 0) is 6.42 Å². The molecule has 2 rings (SSSR count). The van der Waals surface area contributed by atoms with Gasteiger partial charge in [-0.2, -0.15) is 0 Å². The highest BCUT2D eigenvalue weighted by atomic mass is 127. The van der Waals surface area contributed by atoms with Crippen LogP contribution >= 0.6 is 50.1 Å². The molecule has 0 radical (unpaired) electrons. The minimum absolute atomic E-state index is 0.527. The predicted octanol–water partition coefficient (Wildman–Crippen LogP) is 4.98. The Morgan fingerprint density at radius 3 is 2.44 bits per heavy atom. The lowest BCUT2D eigenvalue weighted by Gasteiger charge is -2.12. The van der Waals surface area contributed by atoms with Gasteiger partial charge in [-0.05, 0) is 58.0 Å². The van der Waals surface area contributed by atoms with E-state index in [1.807, 2.05) is 42.5 Å². The van der Waals surface area contributed by atoms with Gasteiger partial charge in [0.1, 0.15) is 0 Å². The zero-order valence-corrected chi connectivity index (χ0v) is 13.9. The van der Waals surface area contributed by atoms with Gasteiger partial charge >= 0.3 is 0 Å². The van der Waals surface area contributed by atoms with Crippen LogP contribution < -0.4 is 0 Å². The van der Waals surface area contributed by atoms with E-state index >= 15 is 0 Å². The summed E-state index contributed by atoms with van der Waals surface area (Å²) in [4.78, 5) is 0. The van der Waals surface area contributed by atoms with Crippen molar-refractivity contribution in [3.63, 3.8) is 0 Å². The molecule has 0 amide bonds. The molecular formula is C14H11BrClIO. The number of aliphatic hydroxyl groups excluding tert-OH is 1. The first-order chi connectivity index (χ1) is 8.56. The van der Waals surface area contributed by atoms with Crippen molar-refractivity contribution >= 4 is 50.1 Å². The molecule has 0 aliphatic rings. The molecule has 0 saturated heterocycles. The third kappa shape index (κ3) is 3.70. The molecule has 0 aromatic heterocycles. The Balaban J connectivity index is 2.13. The van der Waals surface area contributed by atoms with Crippen LogP contribution in [0.2, 0.25) is 5.02 Å². The fraction of sp³-hybridized carbons (Fsp3) is 0.143. The summed E-state index contributed by atoms with van der Waals surface area (Å²) in [5, 5.41) is 10.9. The number of benzene rings is 2. The highest BCUT2D eigenvalue weighted by molar-refractivity contribution is 14.1. The van der Waals surface area contributed by atoms with Gasteiger partial charge in [0, 0.05) is 14.5 Å². The van der Waals surface area contributed by atoms with Gasteiger partial charge in [0.15, 0.2) is 0 Å². The fourth-order valence-corrected chi connectivity index (χ4v) is 2.47. The van der Waals surface area contributed by atoms with Gasteiger partial charge in [-0.3, -0.25) is 0 Å². The molecule has 1 N–H and O–H groups in total. The number of rotatable bonds is 3. The molecule has 0 spiro atoms. The number of hydrogen-bond donors (Lipinski definition) is 1. The maximum atomic E-state index is 10.2. The van der Waals surface area contributed by atoms with Crippen LogP contribution in [0.3, 0.4) is 0 Å². The Morgan fingerprint density at radius 1 is 1.17 bits per heavy atom. The molecule has 2 aromatic rings. The summed E-state index contributed by atoms with van der Waals surface area (Å²) in [5.41, 5.74) is 1.95. The number of halogens is 3. The average molecular weight is 438 g/mol. The first kappa shape index (κ1) is 14.3. The maximum Gasteiger partial charge on any atom is 0.0830 e. The summed E-state index contributed by atoms with van der Waals surface area (Å²) in [5.74, 6) is 0. The number of hydrogen-bond acceptors (Lipinski definition) is 1. The van der Waals surface area contributed by atoms with Crippen molar-refractivity contribution in [2.24, 2.45) is 0 Å². The molecule has 94 valence electrons. The quantitative estimate of drug-likeness (QED) is 0.672. The van der Waals surface area contributed by atoms with Crippen LogP contribution in [0.4, 0.5) is 0 Å². The fourth-order valence-electron chi connectivity index (χ4n) is 1.68. The second kappa shape index (κ2) is 6.37.